The molecular weight excluding hydrogens is 400 g/mol. The molecule has 0 atom stereocenters. The van der Waals surface area contributed by atoms with E-state index < -0.39 is 11.8 Å². The minimum Gasteiger partial charge on any atom is -0.318 e. The third kappa shape index (κ3) is 4.78. The van der Waals surface area contributed by atoms with Gasteiger partial charge in [-0.3, -0.25) is 9.59 Å². The molecule has 0 spiro atoms. The maximum absolute atomic E-state index is 12.0. The lowest BCUT2D eigenvalue weighted by Gasteiger charge is -2.11. The molecule has 2 N–H and O–H groups in total. The summed E-state index contributed by atoms with van der Waals surface area (Å²) in [5.41, 5.74) is 8.93. The topological polar surface area (TPSA) is 75.5 Å². The molecule has 1 aromatic heterocycles. The number of rotatable bonds is 4. The van der Waals surface area contributed by atoms with E-state index >= 15 is 0 Å². The number of carbonyl (C=O) groups excluding carboxylic acids is 2. The summed E-state index contributed by atoms with van der Waals surface area (Å²) in [6.07, 6.45) is 1.53. The predicted octanol–water partition coefficient (Wildman–Crippen LogP) is 4.45. The zero-order valence-corrected chi connectivity index (χ0v) is 18.0. The van der Waals surface area contributed by atoms with Crippen molar-refractivity contribution in [2.75, 3.05) is 5.32 Å². The minimum atomic E-state index is -0.880. The third-order valence-corrected chi connectivity index (χ3v) is 4.96. The number of halogens is 1. The number of nitrogens with zero attached hydrogens (tertiary/aromatic N) is 2. The van der Waals surface area contributed by atoms with Gasteiger partial charge >= 0.3 is 11.8 Å². The molecule has 1 heterocycles. The summed E-state index contributed by atoms with van der Waals surface area (Å²) in [5, 5.41) is 6.74. The quantitative estimate of drug-likeness (QED) is 0.370. The Morgan fingerprint density at radius 1 is 0.967 bits per heavy atom. The molecule has 0 aliphatic carbocycles. The zero-order chi connectivity index (χ0) is 21.8. The molecule has 7 heteroatoms. The number of para-hydroxylation sites is 1. The van der Waals surface area contributed by atoms with Crippen molar-refractivity contribution in [1.82, 2.24) is 9.99 Å². The highest BCUT2D eigenvalue weighted by Crippen LogP contribution is 2.22. The van der Waals surface area contributed by atoms with Crippen LogP contribution in [-0.2, 0) is 9.59 Å². The van der Waals surface area contributed by atoms with E-state index in [0.29, 0.717) is 10.7 Å². The molecule has 0 aliphatic heterocycles. The van der Waals surface area contributed by atoms with E-state index in [0.717, 1.165) is 22.6 Å². The van der Waals surface area contributed by atoms with E-state index in [1.54, 1.807) is 24.3 Å². The van der Waals surface area contributed by atoms with Crippen LogP contribution in [0.5, 0.6) is 0 Å². The number of hydrogen-bond acceptors (Lipinski definition) is 3. The van der Waals surface area contributed by atoms with Gasteiger partial charge < -0.3 is 9.88 Å². The van der Waals surface area contributed by atoms with Gasteiger partial charge in [-0.25, -0.2) is 5.43 Å². The van der Waals surface area contributed by atoms with Crippen LogP contribution in [0, 0.1) is 27.7 Å². The fourth-order valence-electron chi connectivity index (χ4n) is 3.35. The van der Waals surface area contributed by atoms with E-state index in [-0.39, 0.29) is 0 Å². The van der Waals surface area contributed by atoms with Gasteiger partial charge in [0, 0.05) is 22.6 Å². The van der Waals surface area contributed by atoms with Crippen LogP contribution in [0.3, 0.4) is 0 Å². The minimum absolute atomic E-state index is 0.348. The first-order chi connectivity index (χ1) is 14.3. The van der Waals surface area contributed by atoms with Crippen LogP contribution in [0.1, 0.15) is 28.1 Å². The highest BCUT2D eigenvalue weighted by molar-refractivity contribution is 6.41. The molecule has 30 heavy (non-hydrogen) atoms. The summed E-state index contributed by atoms with van der Waals surface area (Å²) in [7, 11) is 0. The molecule has 0 fully saturated rings. The molecule has 0 saturated carbocycles. The standard InChI is InChI=1S/C23H23ClN4O2/c1-14-9-15(2)11-19(10-14)28-16(3)12-18(17(28)4)13-25-27-23(30)22(29)26-21-8-6-5-7-20(21)24/h5-13H,1-4H3,(H,26,29)(H,27,30)/b25-13-. The predicted molar refractivity (Wildman–Crippen MR) is 121 cm³/mol. The number of hydrazone groups is 1. The Morgan fingerprint density at radius 3 is 2.30 bits per heavy atom. The lowest BCUT2D eigenvalue weighted by molar-refractivity contribution is -0.136. The third-order valence-electron chi connectivity index (χ3n) is 4.63. The average Bonchev–Trinajstić information content (AvgIpc) is 2.96. The Kier molecular flexibility index (Phi) is 6.37. The van der Waals surface area contributed by atoms with E-state index in [9.17, 15) is 9.59 Å². The first kappa shape index (κ1) is 21.3. The maximum Gasteiger partial charge on any atom is 0.329 e. The Labute approximate surface area is 180 Å². The normalized spacial score (nSPS) is 11.0. The SMILES string of the molecule is Cc1cc(C)cc(-n2c(C)cc(/C=N\NC(=O)C(=O)Nc3ccccc3Cl)c2C)c1. The fraction of sp³-hybridized carbons (Fsp3) is 0.174. The molecule has 3 aromatic rings. The molecule has 2 amide bonds. The van der Waals surface area contributed by atoms with Crippen LogP contribution < -0.4 is 10.7 Å². The van der Waals surface area contributed by atoms with Crippen molar-refractivity contribution >= 4 is 35.3 Å². The first-order valence-electron chi connectivity index (χ1n) is 9.43. The number of aryl methyl sites for hydroxylation is 3. The summed E-state index contributed by atoms with van der Waals surface area (Å²) >= 11 is 5.98. The van der Waals surface area contributed by atoms with Crippen molar-refractivity contribution in [2.45, 2.75) is 27.7 Å². The highest BCUT2D eigenvalue weighted by Gasteiger charge is 2.15. The van der Waals surface area contributed by atoms with E-state index in [1.807, 2.05) is 19.9 Å². The summed E-state index contributed by atoms with van der Waals surface area (Å²) in [4.78, 5) is 24.0. The van der Waals surface area contributed by atoms with Crippen LogP contribution in [0.2, 0.25) is 5.02 Å². The van der Waals surface area contributed by atoms with Gasteiger partial charge in [-0.05, 0) is 69.2 Å². The van der Waals surface area contributed by atoms with Crippen LogP contribution in [0.25, 0.3) is 5.69 Å². The van der Waals surface area contributed by atoms with Crippen molar-refractivity contribution < 1.29 is 9.59 Å². The van der Waals surface area contributed by atoms with Crippen LogP contribution >= 0.6 is 11.6 Å². The van der Waals surface area contributed by atoms with Crippen LogP contribution in [0.4, 0.5) is 5.69 Å². The average molecular weight is 423 g/mol. The van der Waals surface area contributed by atoms with Crippen molar-refractivity contribution in [3.63, 3.8) is 0 Å². The Hall–Kier alpha value is -3.38. The van der Waals surface area contributed by atoms with Gasteiger partial charge in [0.2, 0.25) is 0 Å². The number of amides is 2. The van der Waals surface area contributed by atoms with Gasteiger partial charge in [0.1, 0.15) is 0 Å². The molecule has 0 radical (unpaired) electrons. The molecule has 0 unspecified atom stereocenters. The number of aromatic nitrogens is 1. The first-order valence-corrected chi connectivity index (χ1v) is 9.80. The van der Waals surface area contributed by atoms with Crippen LogP contribution in [0.15, 0.2) is 53.6 Å². The summed E-state index contributed by atoms with van der Waals surface area (Å²) in [5.74, 6) is -1.73. The molecule has 0 aliphatic rings. The number of carbonyl (C=O) groups is 2. The van der Waals surface area contributed by atoms with Gasteiger partial charge in [0.05, 0.1) is 16.9 Å². The molecular formula is C23H23ClN4O2. The van der Waals surface area contributed by atoms with Gasteiger partial charge in [-0.1, -0.05) is 29.8 Å². The van der Waals surface area contributed by atoms with E-state index in [2.05, 4.69) is 52.5 Å². The number of hydrogen-bond donors (Lipinski definition) is 2. The maximum atomic E-state index is 12.0. The Balaban J connectivity index is 1.71. The summed E-state index contributed by atoms with van der Waals surface area (Å²) in [6.45, 7) is 8.13. The highest BCUT2D eigenvalue weighted by atomic mass is 35.5. The van der Waals surface area contributed by atoms with E-state index in [4.69, 9.17) is 11.6 Å². The zero-order valence-electron chi connectivity index (χ0n) is 17.3. The molecule has 2 aromatic carbocycles. The van der Waals surface area contributed by atoms with Gasteiger partial charge in [-0.15, -0.1) is 0 Å². The fourth-order valence-corrected chi connectivity index (χ4v) is 3.53. The molecule has 0 saturated heterocycles. The van der Waals surface area contributed by atoms with Crippen molar-refractivity contribution in [3.8, 4) is 5.69 Å². The number of benzene rings is 2. The lowest BCUT2D eigenvalue weighted by atomic mass is 10.1. The number of anilines is 1. The van der Waals surface area contributed by atoms with Crippen LogP contribution in [-0.4, -0.2) is 22.6 Å². The van der Waals surface area contributed by atoms with E-state index in [1.165, 1.54) is 17.3 Å². The Morgan fingerprint density at radius 2 is 1.63 bits per heavy atom. The van der Waals surface area contributed by atoms with Crippen molar-refractivity contribution in [1.29, 1.82) is 0 Å². The second-order valence-electron chi connectivity index (χ2n) is 7.14. The van der Waals surface area contributed by atoms with Crippen molar-refractivity contribution in [3.05, 3.63) is 81.6 Å². The summed E-state index contributed by atoms with van der Waals surface area (Å²) in [6, 6.07) is 15.0. The largest absolute Gasteiger partial charge is 0.329 e. The molecule has 3 rings (SSSR count). The summed E-state index contributed by atoms with van der Waals surface area (Å²) < 4.78 is 2.13. The lowest BCUT2D eigenvalue weighted by Crippen LogP contribution is -2.32. The molecule has 154 valence electrons. The van der Waals surface area contributed by atoms with Gasteiger partial charge in [0.15, 0.2) is 0 Å². The van der Waals surface area contributed by atoms with Gasteiger partial charge in [-0.2, -0.15) is 5.10 Å². The van der Waals surface area contributed by atoms with Crippen molar-refractivity contribution in [2.24, 2.45) is 5.10 Å². The Bertz CT molecular complexity index is 1130. The van der Waals surface area contributed by atoms with Gasteiger partial charge in [0.25, 0.3) is 0 Å². The smallest absolute Gasteiger partial charge is 0.318 e. The molecule has 0 bridgehead atoms. The second-order valence-corrected chi connectivity index (χ2v) is 7.55. The number of nitrogens with one attached hydrogen (secondary N) is 2. The molecule has 6 nitrogen and oxygen atoms in total. The monoisotopic (exact) mass is 422 g/mol. The second kappa shape index (κ2) is 8.97.